The van der Waals surface area contributed by atoms with E-state index in [4.69, 9.17) is 57.2 Å². The number of nitrogens with one attached hydrogen (secondary N) is 1. The van der Waals surface area contributed by atoms with Crippen molar-refractivity contribution < 1.29 is 75.9 Å². The minimum atomic E-state index is -1.13. The Morgan fingerprint density at radius 3 is 0.933 bits per heavy atom. The number of ether oxygens (including phenoxy) is 12. The van der Waals surface area contributed by atoms with E-state index in [1.54, 1.807) is 0 Å². The molecule has 0 rings (SSSR count). The number of carbonyl (C=O) groups is 2. The summed E-state index contributed by atoms with van der Waals surface area (Å²) in [6, 6.07) is 0. The number of hydrogen-bond donors (Lipinski definition) is 2. The predicted octanol–water partition coefficient (Wildman–Crippen LogP) is -0.644. The van der Waals surface area contributed by atoms with Crippen molar-refractivity contribution in [2.45, 2.75) is 0 Å². The van der Waals surface area contributed by atoms with Crippen molar-refractivity contribution in [1.82, 2.24) is 5.32 Å². The van der Waals surface area contributed by atoms with Crippen molar-refractivity contribution in [2.75, 3.05) is 172 Å². The summed E-state index contributed by atoms with van der Waals surface area (Å²) in [5.41, 5.74) is 0. The Balaban J connectivity index is 3.08. The number of amides is 1. The number of alkyl halides is 1. The van der Waals surface area contributed by atoms with E-state index in [2.05, 4.69) is 10.1 Å². The fraction of sp³-hybridized carbons (Fsp3) is 0.929. The summed E-state index contributed by atoms with van der Waals surface area (Å²) in [7, 11) is 0. The predicted molar refractivity (Wildman–Crippen MR) is 156 cm³/mol. The van der Waals surface area contributed by atoms with Gasteiger partial charge in [0.2, 0.25) is 5.91 Å². The lowest BCUT2D eigenvalue weighted by molar-refractivity contribution is -0.143. The van der Waals surface area contributed by atoms with Gasteiger partial charge in [0.25, 0.3) is 0 Å². The summed E-state index contributed by atoms with van der Waals surface area (Å²) in [5, 5.41) is 11.0. The Kier molecular flexibility index (Phi) is 37.2. The highest BCUT2D eigenvalue weighted by atomic mass is 19.1. The molecule has 0 aliphatic heterocycles. The van der Waals surface area contributed by atoms with Crippen molar-refractivity contribution in [1.29, 1.82) is 0 Å². The third-order valence-corrected chi connectivity index (χ3v) is 4.97. The molecule has 0 aromatic heterocycles. The quantitative estimate of drug-likeness (QED) is 0.0793. The van der Waals surface area contributed by atoms with Gasteiger partial charge in [-0.1, -0.05) is 0 Å². The van der Waals surface area contributed by atoms with Gasteiger partial charge >= 0.3 is 5.97 Å². The number of carboxylic acids is 1. The molecule has 0 aromatic carbocycles. The topological polar surface area (TPSA) is 177 Å². The van der Waals surface area contributed by atoms with Gasteiger partial charge in [0.05, 0.1) is 145 Å². The fourth-order valence-electron chi connectivity index (χ4n) is 2.90. The summed E-state index contributed by atoms with van der Waals surface area (Å²) < 4.78 is 75.3. The van der Waals surface area contributed by atoms with Gasteiger partial charge in [0.1, 0.15) is 19.9 Å². The normalized spacial score (nSPS) is 11.3. The molecular formula is C28H54FNO15. The molecule has 0 saturated heterocycles. The molecule has 0 unspecified atom stereocenters. The highest BCUT2D eigenvalue weighted by Crippen LogP contribution is 1.87. The number of carbonyl (C=O) groups excluding carboxylic acids is 1. The molecule has 0 spiro atoms. The minimum absolute atomic E-state index is 0.104. The van der Waals surface area contributed by atoms with Crippen LogP contribution in [0.3, 0.4) is 0 Å². The molecule has 0 fully saturated rings. The van der Waals surface area contributed by atoms with Crippen LogP contribution in [0.1, 0.15) is 0 Å². The van der Waals surface area contributed by atoms with Gasteiger partial charge in [0.15, 0.2) is 0 Å². The number of carboxylic acid groups (broad SMARTS) is 1. The molecule has 268 valence electrons. The molecule has 0 radical (unpaired) electrons. The SMILES string of the molecule is O=C(O)COCC(=O)NCCOCCOCCOCCOCCOCCOCCOCCOCCOCCOCCOCCF. The molecule has 0 aliphatic carbocycles. The molecular weight excluding hydrogens is 609 g/mol. The second kappa shape index (κ2) is 38.6. The molecule has 0 atom stereocenters. The number of halogens is 1. The van der Waals surface area contributed by atoms with Crippen LogP contribution in [0.25, 0.3) is 0 Å². The summed E-state index contributed by atoms with van der Waals surface area (Å²) in [4.78, 5) is 21.6. The minimum Gasteiger partial charge on any atom is -0.480 e. The number of aliphatic carboxylic acids is 1. The zero-order valence-corrected chi connectivity index (χ0v) is 26.4. The maximum atomic E-state index is 11.8. The van der Waals surface area contributed by atoms with Gasteiger partial charge in [-0.3, -0.25) is 4.79 Å². The van der Waals surface area contributed by atoms with Crippen LogP contribution < -0.4 is 5.32 Å². The standard InChI is InChI=1S/C28H54FNO15/c29-1-3-34-5-7-36-9-11-38-13-15-40-17-19-42-21-23-44-24-22-43-20-18-41-16-14-39-12-10-37-8-6-35-4-2-30-27(31)25-45-26-28(32)33/h1-26H2,(H,30,31)(H,32,33). The average molecular weight is 664 g/mol. The van der Waals surface area contributed by atoms with Crippen LogP contribution in [0, 0.1) is 0 Å². The van der Waals surface area contributed by atoms with Gasteiger partial charge in [-0.25, -0.2) is 9.18 Å². The highest BCUT2D eigenvalue weighted by Gasteiger charge is 2.03. The second-order valence-electron chi connectivity index (χ2n) is 8.66. The zero-order valence-electron chi connectivity index (χ0n) is 26.4. The first-order valence-corrected chi connectivity index (χ1v) is 15.1. The highest BCUT2D eigenvalue weighted by molar-refractivity contribution is 5.77. The first-order chi connectivity index (χ1) is 22.2. The van der Waals surface area contributed by atoms with Crippen molar-refractivity contribution in [3.8, 4) is 0 Å². The van der Waals surface area contributed by atoms with Crippen LogP contribution >= 0.6 is 0 Å². The number of rotatable bonds is 39. The van der Waals surface area contributed by atoms with Gasteiger partial charge in [-0.2, -0.15) is 0 Å². The van der Waals surface area contributed by atoms with E-state index in [0.29, 0.717) is 145 Å². The van der Waals surface area contributed by atoms with Crippen LogP contribution in [-0.2, 0) is 66.4 Å². The summed E-state index contributed by atoms with van der Waals surface area (Å²) >= 11 is 0. The molecule has 16 nitrogen and oxygen atoms in total. The Morgan fingerprint density at radius 1 is 0.400 bits per heavy atom. The molecule has 0 aromatic rings. The van der Waals surface area contributed by atoms with E-state index >= 15 is 0 Å². The first-order valence-electron chi connectivity index (χ1n) is 15.1. The molecule has 0 heterocycles. The molecule has 2 N–H and O–H groups in total. The fourth-order valence-corrected chi connectivity index (χ4v) is 2.90. The van der Waals surface area contributed by atoms with Crippen LogP contribution in [0.2, 0.25) is 0 Å². The Labute approximate surface area is 265 Å². The molecule has 0 saturated carbocycles. The maximum absolute atomic E-state index is 11.8. The van der Waals surface area contributed by atoms with Crippen molar-refractivity contribution in [2.24, 2.45) is 0 Å². The van der Waals surface area contributed by atoms with E-state index in [9.17, 15) is 14.0 Å². The summed E-state index contributed by atoms with van der Waals surface area (Å²) in [5.74, 6) is -1.53. The average Bonchev–Trinajstić information content (AvgIpc) is 3.02. The largest absolute Gasteiger partial charge is 0.480 e. The third kappa shape index (κ3) is 40.4. The lowest BCUT2D eigenvalue weighted by Crippen LogP contribution is -2.31. The molecule has 0 aliphatic rings. The molecule has 0 bridgehead atoms. The summed E-state index contributed by atoms with van der Waals surface area (Å²) in [6.07, 6.45) is 0. The van der Waals surface area contributed by atoms with Crippen LogP contribution in [0.5, 0.6) is 0 Å². The van der Waals surface area contributed by atoms with E-state index < -0.39 is 25.2 Å². The molecule has 45 heavy (non-hydrogen) atoms. The Morgan fingerprint density at radius 2 is 0.667 bits per heavy atom. The molecule has 1 amide bonds. The molecule has 17 heteroatoms. The van der Waals surface area contributed by atoms with Crippen LogP contribution in [-0.4, -0.2) is 189 Å². The van der Waals surface area contributed by atoms with E-state index in [1.807, 2.05) is 0 Å². The zero-order chi connectivity index (χ0) is 32.7. The van der Waals surface area contributed by atoms with Gasteiger partial charge < -0.3 is 67.3 Å². The monoisotopic (exact) mass is 663 g/mol. The lowest BCUT2D eigenvalue weighted by Gasteiger charge is -2.09. The van der Waals surface area contributed by atoms with E-state index in [0.717, 1.165) is 0 Å². The van der Waals surface area contributed by atoms with Gasteiger partial charge in [-0.05, 0) is 0 Å². The second-order valence-corrected chi connectivity index (χ2v) is 8.66. The first kappa shape index (κ1) is 43.4. The third-order valence-electron chi connectivity index (χ3n) is 4.97. The smallest absolute Gasteiger partial charge is 0.329 e. The lowest BCUT2D eigenvalue weighted by atomic mass is 10.6. The Bertz CT molecular complexity index is 625. The van der Waals surface area contributed by atoms with Crippen LogP contribution in [0.4, 0.5) is 4.39 Å². The van der Waals surface area contributed by atoms with Crippen molar-refractivity contribution in [3.05, 3.63) is 0 Å². The van der Waals surface area contributed by atoms with Crippen molar-refractivity contribution >= 4 is 11.9 Å². The Hall–Kier alpha value is -1.61. The summed E-state index contributed by atoms with van der Waals surface area (Å²) in [6.45, 7) is 8.45. The van der Waals surface area contributed by atoms with Crippen LogP contribution in [0.15, 0.2) is 0 Å². The van der Waals surface area contributed by atoms with E-state index in [-0.39, 0.29) is 13.2 Å². The van der Waals surface area contributed by atoms with Gasteiger partial charge in [-0.15, -0.1) is 0 Å². The van der Waals surface area contributed by atoms with Gasteiger partial charge in [0, 0.05) is 6.54 Å². The van der Waals surface area contributed by atoms with Crippen molar-refractivity contribution in [3.63, 3.8) is 0 Å². The number of hydrogen-bond acceptors (Lipinski definition) is 14. The maximum Gasteiger partial charge on any atom is 0.329 e. The van der Waals surface area contributed by atoms with E-state index in [1.165, 1.54) is 0 Å².